The number of hydrogen-bond donors (Lipinski definition) is 2. The monoisotopic (exact) mass is 270 g/mol. The van der Waals surface area contributed by atoms with Crippen molar-refractivity contribution in [1.82, 2.24) is 10.6 Å². The molecule has 0 radical (unpaired) electrons. The highest BCUT2D eigenvalue weighted by molar-refractivity contribution is 5.78. The fraction of sp³-hybridized carbons (Fsp3) is 0.857. The third-order valence-electron chi connectivity index (χ3n) is 3.28. The number of unbranched alkanes of at least 4 members (excludes halogenated alkanes) is 2. The Hall–Kier alpha value is -1.10. The summed E-state index contributed by atoms with van der Waals surface area (Å²) in [6, 6.07) is 0.202. The molecule has 0 spiro atoms. The van der Waals surface area contributed by atoms with E-state index in [4.69, 9.17) is 4.74 Å². The summed E-state index contributed by atoms with van der Waals surface area (Å²) in [5, 5.41) is 5.71. The summed E-state index contributed by atoms with van der Waals surface area (Å²) in [4.78, 5) is 22.9. The van der Waals surface area contributed by atoms with Gasteiger partial charge in [0.2, 0.25) is 11.8 Å². The molecule has 110 valence electrons. The molecule has 0 aromatic heterocycles. The molecule has 19 heavy (non-hydrogen) atoms. The van der Waals surface area contributed by atoms with Crippen LogP contribution in [0.5, 0.6) is 0 Å². The molecule has 2 atom stereocenters. The molecule has 1 fully saturated rings. The first-order valence-corrected chi connectivity index (χ1v) is 7.25. The van der Waals surface area contributed by atoms with Crippen LogP contribution in [0.3, 0.4) is 0 Å². The number of amides is 2. The van der Waals surface area contributed by atoms with E-state index in [-0.39, 0.29) is 30.4 Å². The second kappa shape index (κ2) is 8.91. The van der Waals surface area contributed by atoms with Gasteiger partial charge in [0.25, 0.3) is 0 Å². The zero-order valence-corrected chi connectivity index (χ0v) is 12.0. The highest BCUT2D eigenvalue weighted by Gasteiger charge is 2.23. The number of piperidine rings is 1. The molecule has 0 aromatic rings. The third-order valence-corrected chi connectivity index (χ3v) is 3.28. The van der Waals surface area contributed by atoms with Gasteiger partial charge in [-0.2, -0.15) is 0 Å². The number of ether oxygens (including phenoxy) is 1. The molecule has 0 aromatic carbocycles. The summed E-state index contributed by atoms with van der Waals surface area (Å²) in [7, 11) is 0. The Morgan fingerprint density at radius 2 is 2.26 bits per heavy atom. The molecule has 0 saturated carbocycles. The summed E-state index contributed by atoms with van der Waals surface area (Å²) in [6.07, 6.45) is 4.71. The van der Waals surface area contributed by atoms with Crippen molar-refractivity contribution < 1.29 is 14.3 Å². The smallest absolute Gasteiger partial charge is 0.246 e. The van der Waals surface area contributed by atoms with Gasteiger partial charge in [-0.05, 0) is 25.7 Å². The minimum absolute atomic E-state index is 0.0776. The summed E-state index contributed by atoms with van der Waals surface area (Å²) in [5.74, 6) is 0.233. The Bertz CT molecular complexity index is 294. The Morgan fingerprint density at radius 3 is 2.95 bits per heavy atom. The number of carbonyl (C=O) groups is 2. The van der Waals surface area contributed by atoms with Gasteiger partial charge < -0.3 is 15.4 Å². The maximum absolute atomic E-state index is 11.5. The zero-order chi connectivity index (χ0) is 14.1. The van der Waals surface area contributed by atoms with E-state index in [1.54, 1.807) is 0 Å². The van der Waals surface area contributed by atoms with Crippen LogP contribution in [0.25, 0.3) is 0 Å². The highest BCUT2D eigenvalue weighted by Crippen LogP contribution is 2.15. The lowest BCUT2D eigenvalue weighted by molar-refractivity contribution is -0.128. The largest absolute Gasteiger partial charge is 0.372 e. The van der Waals surface area contributed by atoms with E-state index in [0.29, 0.717) is 19.6 Å². The van der Waals surface area contributed by atoms with Crippen LogP contribution in [-0.2, 0) is 14.3 Å². The van der Waals surface area contributed by atoms with Gasteiger partial charge in [0.1, 0.15) is 6.61 Å². The lowest BCUT2D eigenvalue weighted by Gasteiger charge is -2.27. The van der Waals surface area contributed by atoms with Crippen molar-refractivity contribution in [1.29, 1.82) is 0 Å². The van der Waals surface area contributed by atoms with Gasteiger partial charge in [-0.25, -0.2) is 0 Å². The Labute approximate surface area is 115 Å². The van der Waals surface area contributed by atoms with Gasteiger partial charge in [-0.15, -0.1) is 0 Å². The molecular weight excluding hydrogens is 244 g/mol. The first kappa shape index (κ1) is 16.0. The number of nitrogens with one attached hydrogen (secondary N) is 2. The predicted octanol–water partition coefficient (Wildman–Crippen LogP) is 1.22. The molecule has 1 rings (SSSR count). The minimum atomic E-state index is -0.0878. The number of carbonyl (C=O) groups excluding carboxylic acids is 2. The molecule has 2 N–H and O–H groups in total. The molecule has 2 amide bonds. The number of rotatable bonds is 8. The molecule has 1 saturated heterocycles. The van der Waals surface area contributed by atoms with Gasteiger partial charge >= 0.3 is 0 Å². The normalized spacial score (nSPS) is 22.9. The molecule has 2 unspecified atom stereocenters. The maximum atomic E-state index is 11.5. The van der Waals surface area contributed by atoms with Gasteiger partial charge in [0, 0.05) is 25.6 Å². The van der Waals surface area contributed by atoms with Gasteiger partial charge in [0.05, 0.1) is 0 Å². The van der Waals surface area contributed by atoms with E-state index in [1.165, 1.54) is 0 Å². The Morgan fingerprint density at radius 1 is 1.47 bits per heavy atom. The van der Waals surface area contributed by atoms with Crippen molar-refractivity contribution >= 4 is 11.8 Å². The zero-order valence-electron chi connectivity index (χ0n) is 12.0. The van der Waals surface area contributed by atoms with E-state index in [0.717, 1.165) is 25.7 Å². The summed E-state index contributed by atoms with van der Waals surface area (Å²) >= 11 is 0. The maximum Gasteiger partial charge on any atom is 0.246 e. The Balaban J connectivity index is 2.07. The molecule has 1 aliphatic heterocycles. The van der Waals surface area contributed by atoms with E-state index in [2.05, 4.69) is 17.6 Å². The van der Waals surface area contributed by atoms with Crippen LogP contribution in [0, 0.1) is 5.92 Å². The van der Waals surface area contributed by atoms with Crippen LogP contribution < -0.4 is 10.6 Å². The average Bonchev–Trinajstić information content (AvgIpc) is 2.35. The SMILES string of the molecule is CCCCCOCC(=O)NCC1CC(=O)NC(C)C1. The van der Waals surface area contributed by atoms with Gasteiger partial charge in [-0.1, -0.05) is 19.8 Å². The average molecular weight is 270 g/mol. The van der Waals surface area contributed by atoms with Crippen LogP contribution in [0.2, 0.25) is 0 Å². The van der Waals surface area contributed by atoms with E-state index < -0.39 is 0 Å². The number of hydrogen-bond acceptors (Lipinski definition) is 3. The molecular formula is C14H26N2O3. The quantitative estimate of drug-likeness (QED) is 0.652. The van der Waals surface area contributed by atoms with Crippen molar-refractivity contribution in [3.8, 4) is 0 Å². The highest BCUT2D eigenvalue weighted by atomic mass is 16.5. The molecule has 5 nitrogen and oxygen atoms in total. The lowest BCUT2D eigenvalue weighted by Crippen LogP contribution is -2.44. The predicted molar refractivity (Wildman–Crippen MR) is 73.7 cm³/mol. The van der Waals surface area contributed by atoms with E-state index >= 15 is 0 Å². The summed E-state index contributed by atoms with van der Waals surface area (Å²) in [5.41, 5.74) is 0. The topological polar surface area (TPSA) is 67.4 Å². The van der Waals surface area contributed by atoms with Crippen LogP contribution in [-0.4, -0.2) is 37.6 Å². The van der Waals surface area contributed by atoms with Crippen LogP contribution in [0.4, 0.5) is 0 Å². The fourth-order valence-electron chi connectivity index (χ4n) is 2.32. The van der Waals surface area contributed by atoms with Crippen molar-refractivity contribution in [2.45, 2.75) is 52.0 Å². The standard InChI is InChI=1S/C14H26N2O3/c1-3-4-5-6-19-10-14(18)15-9-12-7-11(2)16-13(17)8-12/h11-12H,3-10H2,1-2H3,(H,15,18)(H,16,17). The third kappa shape index (κ3) is 7.15. The van der Waals surface area contributed by atoms with Crippen molar-refractivity contribution in [3.05, 3.63) is 0 Å². The molecule has 1 heterocycles. The minimum Gasteiger partial charge on any atom is -0.372 e. The van der Waals surface area contributed by atoms with Crippen LogP contribution in [0.1, 0.15) is 46.0 Å². The molecule has 5 heteroatoms. The lowest BCUT2D eigenvalue weighted by atomic mass is 9.93. The first-order valence-electron chi connectivity index (χ1n) is 7.25. The first-order chi connectivity index (χ1) is 9.11. The summed E-state index contributed by atoms with van der Waals surface area (Å²) < 4.78 is 5.29. The molecule has 1 aliphatic rings. The van der Waals surface area contributed by atoms with Crippen molar-refractivity contribution in [2.75, 3.05) is 19.8 Å². The molecule has 0 bridgehead atoms. The van der Waals surface area contributed by atoms with Crippen molar-refractivity contribution in [3.63, 3.8) is 0 Å². The van der Waals surface area contributed by atoms with E-state index in [9.17, 15) is 9.59 Å². The van der Waals surface area contributed by atoms with Crippen LogP contribution >= 0.6 is 0 Å². The fourth-order valence-corrected chi connectivity index (χ4v) is 2.32. The second-order valence-corrected chi connectivity index (χ2v) is 5.34. The van der Waals surface area contributed by atoms with E-state index in [1.807, 2.05) is 6.92 Å². The van der Waals surface area contributed by atoms with Gasteiger partial charge in [0.15, 0.2) is 0 Å². The Kier molecular flexibility index (Phi) is 7.48. The second-order valence-electron chi connectivity index (χ2n) is 5.34. The summed E-state index contributed by atoms with van der Waals surface area (Å²) in [6.45, 7) is 5.45. The van der Waals surface area contributed by atoms with Crippen LogP contribution in [0.15, 0.2) is 0 Å². The molecule has 0 aliphatic carbocycles. The van der Waals surface area contributed by atoms with Crippen molar-refractivity contribution in [2.24, 2.45) is 5.92 Å². The van der Waals surface area contributed by atoms with Gasteiger partial charge in [-0.3, -0.25) is 9.59 Å².